The average molecular weight is 180 g/mol. The van der Waals surface area contributed by atoms with Crippen LogP contribution in [0.4, 0.5) is 0 Å². The standard InChI is InChI=1S/C10H16N2O/c1-8(6-11)12-4-5-13-10(7-12)9-2-3-9/h8-10H,2-5,7H2,1H3. The maximum atomic E-state index is 8.80. The van der Waals surface area contributed by atoms with Gasteiger partial charge >= 0.3 is 0 Å². The van der Waals surface area contributed by atoms with Crippen LogP contribution in [-0.2, 0) is 4.74 Å². The van der Waals surface area contributed by atoms with Crippen molar-refractivity contribution >= 4 is 0 Å². The quantitative estimate of drug-likeness (QED) is 0.636. The van der Waals surface area contributed by atoms with Crippen molar-refractivity contribution < 1.29 is 4.74 Å². The Hall–Kier alpha value is -0.590. The smallest absolute Gasteiger partial charge is 0.0951 e. The Morgan fingerprint density at radius 2 is 2.31 bits per heavy atom. The van der Waals surface area contributed by atoms with Crippen molar-refractivity contribution in [1.82, 2.24) is 4.90 Å². The molecule has 2 rings (SSSR count). The molecule has 2 fully saturated rings. The van der Waals surface area contributed by atoms with Crippen LogP contribution in [0.15, 0.2) is 0 Å². The molecule has 1 aliphatic carbocycles. The van der Waals surface area contributed by atoms with Gasteiger partial charge in [-0.05, 0) is 25.7 Å². The summed E-state index contributed by atoms with van der Waals surface area (Å²) in [6.07, 6.45) is 3.04. The molecule has 72 valence electrons. The van der Waals surface area contributed by atoms with E-state index in [0.29, 0.717) is 6.10 Å². The second-order valence-electron chi connectivity index (χ2n) is 4.05. The minimum Gasteiger partial charge on any atom is -0.375 e. The summed E-state index contributed by atoms with van der Waals surface area (Å²) in [5.74, 6) is 0.786. The van der Waals surface area contributed by atoms with Gasteiger partial charge in [-0.25, -0.2) is 0 Å². The lowest BCUT2D eigenvalue weighted by Gasteiger charge is -2.34. The first-order valence-electron chi connectivity index (χ1n) is 5.06. The van der Waals surface area contributed by atoms with Gasteiger partial charge < -0.3 is 4.74 Å². The van der Waals surface area contributed by atoms with Gasteiger partial charge in [0.2, 0.25) is 0 Å². The topological polar surface area (TPSA) is 36.3 Å². The van der Waals surface area contributed by atoms with Gasteiger partial charge in [-0.3, -0.25) is 4.90 Å². The van der Waals surface area contributed by atoms with Crippen LogP contribution < -0.4 is 0 Å². The molecule has 2 aliphatic rings. The maximum Gasteiger partial charge on any atom is 0.0951 e. The summed E-state index contributed by atoms with van der Waals surface area (Å²) in [4.78, 5) is 2.23. The van der Waals surface area contributed by atoms with Crippen molar-refractivity contribution in [2.24, 2.45) is 5.92 Å². The van der Waals surface area contributed by atoms with Crippen molar-refractivity contribution in [1.29, 1.82) is 5.26 Å². The number of ether oxygens (including phenoxy) is 1. The Labute approximate surface area is 79.3 Å². The average Bonchev–Trinajstić information content (AvgIpc) is 3.00. The summed E-state index contributed by atoms with van der Waals surface area (Å²) in [7, 11) is 0. The first-order valence-corrected chi connectivity index (χ1v) is 5.06. The zero-order chi connectivity index (χ0) is 9.26. The van der Waals surface area contributed by atoms with Gasteiger partial charge in [-0.1, -0.05) is 0 Å². The van der Waals surface area contributed by atoms with E-state index in [0.717, 1.165) is 25.6 Å². The first kappa shape index (κ1) is 8.98. The Kier molecular flexibility index (Phi) is 2.52. The van der Waals surface area contributed by atoms with Gasteiger partial charge in [0.05, 0.1) is 24.8 Å². The lowest BCUT2D eigenvalue weighted by atomic mass is 10.1. The molecule has 0 spiro atoms. The zero-order valence-corrected chi connectivity index (χ0v) is 8.07. The molecular formula is C10H16N2O. The minimum atomic E-state index is 0.0464. The fraction of sp³-hybridized carbons (Fsp3) is 0.900. The van der Waals surface area contributed by atoms with Crippen molar-refractivity contribution in [2.45, 2.75) is 31.9 Å². The van der Waals surface area contributed by atoms with E-state index in [1.165, 1.54) is 12.8 Å². The molecule has 1 aliphatic heterocycles. The predicted molar refractivity (Wildman–Crippen MR) is 49.1 cm³/mol. The molecule has 1 heterocycles. The van der Waals surface area contributed by atoms with Crippen molar-refractivity contribution in [2.75, 3.05) is 19.7 Å². The van der Waals surface area contributed by atoms with Crippen LogP contribution in [0.25, 0.3) is 0 Å². The third-order valence-electron chi connectivity index (χ3n) is 3.01. The van der Waals surface area contributed by atoms with E-state index in [1.54, 1.807) is 0 Å². The van der Waals surface area contributed by atoms with Crippen LogP contribution >= 0.6 is 0 Å². The highest BCUT2D eigenvalue weighted by Crippen LogP contribution is 2.35. The fourth-order valence-electron chi connectivity index (χ4n) is 1.88. The molecule has 0 N–H and O–H groups in total. The molecule has 2 atom stereocenters. The molecule has 0 bridgehead atoms. The third kappa shape index (κ3) is 2.01. The fourth-order valence-corrected chi connectivity index (χ4v) is 1.88. The maximum absolute atomic E-state index is 8.80. The van der Waals surface area contributed by atoms with Crippen molar-refractivity contribution in [3.05, 3.63) is 0 Å². The van der Waals surface area contributed by atoms with Gasteiger partial charge in [0.15, 0.2) is 0 Å². The van der Waals surface area contributed by atoms with E-state index < -0.39 is 0 Å². The lowest BCUT2D eigenvalue weighted by molar-refractivity contribution is -0.0445. The van der Waals surface area contributed by atoms with Crippen LogP contribution in [0.2, 0.25) is 0 Å². The summed E-state index contributed by atoms with van der Waals surface area (Å²) in [5, 5.41) is 8.80. The summed E-state index contributed by atoms with van der Waals surface area (Å²) in [6.45, 7) is 4.64. The second kappa shape index (κ2) is 3.65. The molecule has 3 nitrogen and oxygen atoms in total. The molecule has 0 aromatic heterocycles. The Balaban J connectivity index is 1.88. The van der Waals surface area contributed by atoms with Crippen LogP contribution in [0.5, 0.6) is 0 Å². The van der Waals surface area contributed by atoms with E-state index in [2.05, 4.69) is 11.0 Å². The highest BCUT2D eigenvalue weighted by atomic mass is 16.5. The summed E-state index contributed by atoms with van der Waals surface area (Å²) in [6, 6.07) is 2.33. The van der Waals surface area contributed by atoms with E-state index in [-0.39, 0.29) is 6.04 Å². The molecule has 1 saturated heterocycles. The van der Waals surface area contributed by atoms with Crippen LogP contribution in [0.1, 0.15) is 19.8 Å². The molecule has 1 saturated carbocycles. The normalized spacial score (nSPS) is 32.5. The number of hydrogen-bond donors (Lipinski definition) is 0. The zero-order valence-electron chi connectivity index (χ0n) is 8.07. The molecule has 0 aromatic carbocycles. The third-order valence-corrected chi connectivity index (χ3v) is 3.01. The van der Waals surface area contributed by atoms with Crippen molar-refractivity contribution in [3.63, 3.8) is 0 Å². The molecule has 0 radical (unpaired) electrons. The summed E-state index contributed by atoms with van der Waals surface area (Å²) < 4.78 is 5.68. The molecule has 2 unspecified atom stereocenters. The summed E-state index contributed by atoms with van der Waals surface area (Å²) in [5.41, 5.74) is 0. The number of morpholine rings is 1. The highest BCUT2D eigenvalue weighted by Gasteiger charge is 2.36. The van der Waals surface area contributed by atoms with E-state index in [1.807, 2.05) is 6.92 Å². The Bertz CT molecular complexity index is 219. The highest BCUT2D eigenvalue weighted by molar-refractivity contribution is 4.93. The van der Waals surface area contributed by atoms with Gasteiger partial charge in [-0.2, -0.15) is 5.26 Å². The van der Waals surface area contributed by atoms with E-state index in [9.17, 15) is 0 Å². The van der Waals surface area contributed by atoms with E-state index in [4.69, 9.17) is 10.00 Å². The number of nitrogens with zero attached hydrogens (tertiary/aromatic N) is 2. The van der Waals surface area contributed by atoms with Gasteiger partial charge in [0, 0.05) is 13.1 Å². The monoisotopic (exact) mass is 180 g/mol. The molecule has 0 amide bonds. The Morgan fingerprint density at radius 1 is 1.54 bits per heavy atom. The minimum absolute atomic E-state index is 0.0464. The molecule has 0 aromatic rings. The molecule has 3 heteroatoms. The first-order chi connectivity index (χ1) is 6.31. The van der Waals surface area contributed by atoms with Gasteiger partial charge in [0.1, 0.15) is 0 Å². The number of rotatable bonds is 2. The van der Waals surface area contributed by atoms with Gasteiger partial charge in [0.25, 0.3) is 0 Å². The molecular weight excluding hydrogens is 164 g/mol. The van der Waals surface area contributed by atoms with Crippen LogP contribution in [-0.4, -0.2) is 36.7 Å². The van der Waals surface area contributed by atoms with Crippen LogP contribution in [0.3, 0.4) is 0 Å². The largest absolute Gasteiger partial charge is 0.375 e. The number of nitriles is 1. The Morgan fingerprint density at radius 3 is 2.92 bits per heavy atom. The SMILES string of the molecule is CC(C#N)N1CCOC(C2CC2)C1. The van der Waals surface area contributed by atoms with Gasteiger partial charge in [-0.15, -0.1) is 0 Å². The van der Waals surface area contributed by atoms with Crippen LogP contribution in [0, 0.1) is 17.2 Å². The molecule has 13 heavy (non-hydrogen) atoms. The predicted octanol–water partition coefficient (Wildman–Crippen LogP) is 1.01. The van der Waals surface area contributed by atoms with Crippen molar-refractivity contribution in [3.8, 4) is 6.07 Å². The lowest BCUT2D eigenvalue weighted by Crippen LogP contribution is -2.47. The second-order valence-corrected chi connectivity index (χ2v) is 4.05. The van der Waals surface area contributed by atoms with E-state index >= 15 is 0 Å². The number of hydrogen-bond acceptors (Lipinski definition) is 3. The summed E-state index contributed by atoms with van der Waals surface area (Å²) >= 11 is 0.